The number of benzene rings is 2. The first-order valence-corrected chi connectivity index (χ1v) is 4.73. The molecule has 0 atom stereocenters. The zero-order valence-electron chi connectivity index (χ0n) is 7.71. The van der Waals surface area contributed by atoms with E-state index in [-0.39, 0.29) is 5.75 Å². The van der Waals surface area contributed by atoms with Crippen molar-refractivity contribution < 1.29 is 9.13 Å². The van der Waals surface area contributed by atoms with Gasteiger partial charge in [0, 0.05) is 11.1 Å². The third-order valence-electron chi connectivity index (χ3n) is 1.81. The van der Waals surface area contributed by atoms with Crippen molar-refractivity contribution >= 4 is 11.6 Å². The molecular formula is C12H7ClFO. The molecule has 2 rings (SSSR count). The Morgan fingerprint density at radius 2 is 1.87 bits per heavy atom. The van der Waals surface area contributed by atoms with Crippen LogP contribution in [0.4, 0.5) is 4.39 Å². The Morgan fingerprint density at radius 1 is 1.13 bits per heavy atom. The van der Waals surface area contributed by atoms with Crippen LogP contribution in [-0.2, 0) is 0 Å². The summed E-state index contributed by atoms with van der Waals surface area (Å²) in [4.78, 5) is 0. The van der Waals surface area contributed by atoms with Crippen molar-refractivity contribution in [1.82, 2.24) is 0 Å². The molecule has 0 fully saturated rings. The van der Waals surface area contributed by atoms with Crippen molar-refractivity contribution in [3.63, 3.8) is 0 Å². The molecule has 0 amide bonds. The second-order valence-electron chi connectivity index (χ2n) is 2.90. The van der Waals surface area contributed by atoms with Crippen molar-refractivity contribution in [2.75, 3.05) is 0 Å². The van der Waals surface area contributed by atoms with E-state index < -0.39 is 5.82 Å². The van der Waals surface area contributed by atoms with E-state index in [9.17, 15) is 4.39 Å². The van der Waals surface area contributed by atoms with Gasteiger partial charge in [-0.15, -0.1) is 0 Å². The van der Waals surface area contributed by atoms with Crippen LogP contribution in [0.2, 0.25) is 5.02 Å². The second-order valence-corrected chi connectivity index (χ2v) is 3.34. The van der Waals surface area contributed by atoms with Gasteiger partial charge in [0.2, 0.25) is 0 Å². The number of ether oxygens (including phenoxy) is 1. The minimum Gasteiger partial charge on any atom is -0.454 e. The van der Waals surface area contributed by atoms with Crippen molar-refractivity contribution in [3.05, 3.63) is 59.4 Å². The van der Waals surface area contributed by atoms with Gasteiger partial charge in [-0.1, -0.05) is 23.7 Å². The maximum absolute atomic E-state index is 13.1. The molecule has 1 nitrogen and oxygen atoms in total. The fourth-order valence-electron chi connectivity index (χ4n) is 1.11. The van der Waals surface area contributed by atoms with Gasteiger partial charge in [-0.2, -0.15) is 0 Å². The number of rotatable bonds is 2. The Hall–Kier alpha value is -1.54. The van der Waals surface area contributed by atoms with E-state index >= 15 is 0 Å². The summed E-state index contributed by atoms with van der Waals surface area (Å²) in [6, 6.07) is 13.8. The molecule has 0 spiro atoms. The minimum absolute atomic E-state index is 0.153. The molecule has 0 N–H and O–H groups in total. The smallest absolute Gasteiger partial charge is 0.173 e. The van der Waals surface area contributed by atoms with Gasteiger partial charge in [-0.25, -0.2) is 4.39 Å². The van der Waals surface area contributed by atoms with Gasteiger partial charge in [0.15, 0.2) is 11.6 Å². The molecule has 75 valence electrons. The van der Waals surface area contributed by atoms with Crippen LogP contribution in [0.1, 0.15) is 0 Å². The molecule has 0 saturated carbocycles. The highest BCUT2D eigenvalue weighted by Crippen LogP contribution is 2.24. The molecule has 0 aliphatic rings. The van der Waals surface area contributed by atoms with E-state index in [1.807, 2.05) is 0 Å². The monoisotopic (exact) mass is 221 g/mol. The van der Waals surface area contributed by atoms with E-state index in [0.717, 1.165) is 0 Å². The maximum Gasteiger partial charge on any atom is 0.173 e. The molecule has 0 unspecified atom stereocenters. The van der Waals surface area contributed by atoms with Crippen molar-refractivity contribution in [2.24, 2.45) is 0 Å². The summed E-state index contributed by atoms with van der Waals surface area (Å²) >= 11 is 5.71. The normalized spacial score (nSPS) is 10.0. The van der Waals surface area contributed by atoms with Crippen LogP contribution in [0.5, 0.6) is 11.5 Å². The third-order valence-corrected chi connectivity index (χ3v) is 2.06. The lowest BCUT2D eigenvalue weighted by atomic mass is 10.3. The van der Waals surface area contributed by atoms with Crippen LogP contribution in [-0.4, -0.2) is 0 Å². The molecule has 0 saturated heterocycles. The number of hydrogen-bond acceptors (Lipinski definition) is 1. The fraction of sp³-hybridized carbons (Fsp3) is 0. The summed E-state index contributed by atoms with van der Waals surface area (Å²) < 4.78 is 18.4. The molecule has 1 radical (unpaired) electrons. The topological polar surface area (TPSA) is 9.23 Å². The molecule has 0 aliphatic heterocycles. The van der Waals surface area contributed by atoms with E-state index in [1.165, 1.54) is 6.07 Å². The lowest BCUT2D eigenvalue weighted by Crippen LogP contribution is -1.87. The van der Waals surface area contributed by atoms with Crippen molar-refractivity contribution in [2.45, 2.75) is 0 Å². The number of hydrogen-bond donors (Lipinski definition) is 0. The van der Waals surface area contributed by atoms with Gasteiger partial charge in [-0.3, -0.25) is 0 Å². The van der Waals surface area contributed by atoms with E-state index in [4.69, 9.17) is 16.3 Å². The molecule has 2 aromatic carbocycles. The SMILES string of the molecule is Fc1[c]cccc1Oc1ccc(Cl)cc1. The lowest BCUT2D eigenvalue weighted by Gasteiger charge is -2.05. The van der Waals surface area contributed by atoms with Crippen LogP contribution >= 0.6 is 11.6 Å². The molecule has 15 heavy (non-hydrogen) atoms. The Bertz CT molecular complexity index is 453. The Kier molecular flexibility index (Phi) is 2.88. The van der Waals surface area contributed by atoms with E-state index in [1.54, 1.807) is 36.4 Å². The zero-order chi connectivity index (χ0) is 10.7. The predicted molar refractivity (Wildman–Crippen MR) is 56.8 cm³/mol. The average molecular weight is 222 g/mol. The van der Waals surface area contributed by atoms with Gasteiger partial charge in [0.05, 0.1) is 0 Å². The highest BCUT2D eigenvalue weighted by atomic mass is 35.5. The van der Waals surface area contributed by atoms with Crippen LogP contribution < -0.4 is 4.74 Å². The van der Waals surface area contributed by atoms with Gasteiger partial charge in [0.25, 0.3) is 0 Å². The summed E-state index contributed by atoms with van der Waals surface area (Å²) in [7, 11) is 0. The predicted octanol–water partition coefficient (Wildman–Crippen LogP) is 4.07. The Morgan fingerprint density at radius 3 is 2.53 bits per heavy atom. The fourth-order valence-corrected chi connectivity index (χ4v) is 1.24. The van der Waals surface area contributed by atoms with Gasteiger partial charge in [-0.05, 0) is 30.3 Å². The molecule has 0 bridgehead atoms. The van der Waals surface area contributed by atoms with E-state index in [2.05, 4.69) is 6.07 Å². The zero-order valence-corrected chi connectivity index (χ0v) is 8.46. The van der Waals surface area contributed by atoms with Gasteiger partial charge in [0.1, 0.15) is 5.75 Å². The Labute approximate surface area is 92.1 Å². The van der Waals surface area contributed by atoms with Crippen LogP contribution in [0.15, 0.2) is 42.5 Å². The summed E-state index contributed by atoms with van der Waals surface area (Å²) in [6.45, 7) is 0. The second kappa shape index (κ2) is 4.32. The van der Waals surface area contributed by atoms with Gasteiger partial charge >= 0.3 is 0 Å². The summed E-state index contributed by atoms with van der Waals surface area (Å²) in [6.07, 6.45) is 0. The molecule has 3 heteroatoms. The summed E-state index contributed by atoms with van der Waals surface area (Å²) in [5, 5.41) is 0.613. The summed E-state index contributed by atoms with van der Waals surface area (Å²) in [5.41, 5.74) is 0. The molecule has 0 aromatic heterocycles. The standard InChI is InChI=1S/C12H7ClFO/c13-9-5-7-10(8-6-9)15-12-4-2-1-3-11(12)14/h1-2,4-8H. The van der Waals surface area contributed by atoms with E-state index in [0.29, 0.717) is 10.8 Å². The molecule has 0 heterocycles. The first-order chi connectivity index (χ1) is 7.25. The largest absolute Gasteiger partial charge is 0.454 e. The Balaban J connectivity index is 2.22. The average Bonchev–Trinajstić information content (AvgIpc) is 2.25. The van der Waals surface area contributed by atoms with Crippen LogP contribution in [0.3, 0.4) is 0 Å². The molecular weight excluding hydrogens is 215 g/mol. The first-order valence-electron chi connectivity index (χ1n) is 4.35. The highest BCUT2D eigenvalue weighted by Gasteiger charge is 2.02. The molecule has 0 aliphatic carbocycles. The number of halogens is 2. The quantitative estimate of drug-likeness (QED) is 0.743. The maximum atomic E-state index is 13.1. The van der Waals surface area contributed by atoms with Crippen LogP contribution in [0.25, 0.3) is 0 Å². The van der Waals surface area contributed by atoms with Crippen molar-refractivity contribution in [3.8, 4) is 11.5 Å². The highest BCUT2D eigenvalue weighted by molar-refractivity contribution is 6.30. The minimum atomic E-state index is -0.507. The summed E-state index contributed by atoms with van der Waals surface area (Å²) in [5.74, 6) is 0.185. The van der Waals surface area contributed by atoms with Gasteiger partial charge < -0.3 is 4.74 Å². The van der Waals surface area contributed by atoms with Crippen molar-refractivity contribution in [1.29, 1.82) is 0 Å². The lowest BCUT2D eigenvalue weighted by molar-refractivity contribution is 0.441. The first kappa shape index (κ1) is 9.99. The molecule has 2 aromatic rings. The van der Waals surface area contributed by atoms with Crippen LogP contribution in [0, 0.1) is 11.9 Å². The third kappa shape index (κ3) is 2.48.